The summed E-state index contributed by atoms with van der Waals surface area (Å²) in [6.07, 6.45) is 6.60. The summed E-state index contributed by atoms with van der Waals surface area (Å²) in [5.41, 5.74) is 7.89. The number of H-pyrrole nitrogens is 2. The highest BCUT2D eigenvalue weighted by Crippen LogP contribution is 2.26. The van der Waals surface area contributed by atoms with Gasteiger partial charge in [-0.05, 0) is 54.8 Å². The van der Waals surface area contributed by atoms with Crippen molar-refractivity contribution in [2.24, 2.45) is 0 Å². The van der Waals surface area contributed by atoms with E-state index in [-0.39, 0.29) is 17.8 Å². The van der Waals surface area contributed by atoms with Gasteiger partial charge in [0.25, 0.3) is 11.1 Å². The monoisotopic (exact) mass is 732 g/mol. The first-order valence-corrected chi connectivity index (χ1v) is 17.5. The number of aryl methyl sites for hydroxylation is 2. The normalized spacial score (nSPS) is 11.2. The highest BCUT2D eigenvalue weighted by atomic mass is 16.7. The van der Waals surface area contributed by atoms with Crippen LogP contribution in [0.15, 0.2) is 126 Å². The Hall–Kier alpha value is -7.48. The Kier molecular flexibility index (Phi) is 9.35. The van der Waals surface area contributed by atoms with E-state index < -0.39 is 5.56 Å². The van der Waals surface area contributed by atoms with Crippen molar-refractivity contribution in [2.45, 2.75) is 33.5 Å². The Morgan fingerprint density at radius 3 is 1.80 bits per heavy atom. The van der Waals surface area contributed by atoms with E-state index in [1.165, 1.54) is 23.5 Å². The van der Waals surface area contributed by atoms with Crippen LogP contribution in [0.25, 0.3) is 43.9 Å². The van der Waals surface area contributed by atoms with Crippen LogP contribution < -0.4 is 26.6 Å². The van der Waals surface area contributed by atoms with E-state index in [0.717, 1.165) is 49.6 Å². The molecule has 0 radical (unpaired) electrons. The van der Waals surface area contributed by atoms with E-state index in [9.17, 15) is 14.8 Å². The van der Waals surface area contributed by atoms with Crippen molar-refractivity contribution in [3.05, 3.63) is 165 Å². The Balaban J connectivity index is 0.000000160. The van der Waals surface area contributed by atoms with Crippen LogP contribution in [0.3, 0.4) is 0 Å². The summed E-state index contributed by atoms with van der Waals surface area (Å²) in [4.78, 5) is 53.9. The Morgan fingerprint density at radius 1 is 0.655 bits per heavy atom. The van der Waals surface area contributed by atoms with E-state index in [0.29, 0.717) is 45.9 Å². The average Bonchev–Trinajstić information content (AvgIpc) is 3.89. The minimum absolute atomic E-state index is 0.192. The molecule has 0 saturated carbocycles. The summed E-state index contributed by atoms with van der Waals surface area (Å²) >= 11 is 0. The van der Waals surface area contributed by atoms with E-state index in [2.05, 4.69) is 46.6 Å². The van der Waals surface area contributed by atoms with Crippen molar-refractivity contribution in [3.63, 3.8) is 0 Å². The molecule has 14 heteroatoms. The maximum absolute atomic E-state index is 12.9. The molecule has 0 aliphatic heterocycles. The second-order valence-electron chi connectivity index (χ2n) is 12.9. The molecule has 9 aromatic rings. The van der Waals surface area contributed by atoms with Crippen LogP contribution in [0.2, 0.25) is 0 Å². The van der Waals surface area contributed by atoms with Gasteiger partial charge in [0.05, 0.1) is 33.5 Å². The van der Waals surface area contributed by atoms with Gasteiger partial charge in [-0.25, -0.2) is 19.9 Å². The summed E-state index contributed by atoms with van der Waals surface area (Å²) in [6.45, 7) is 5.07. The zero-order valence-corrected chi connectivity index (χ0v) is 29.9. The van der Waals surface area contributed by atoms with Crippen LogP contribution in [-0.4, -0.2) is 44.6 Å². The van der Waals surface area contributed by atoms with Crippen molar-refractivity contribution >= 4 is 55.2 Å². The van der Waals surface area contributed by atoms with E-state index in [1.807, 2.05) is 99.0 Å². The maximum atomic E-state index is 12.9. The summed E-state index contributed by atoms with van der Waals surface area (Å²) in [5, 5.41) is 20.2. The lowest BCUT2D eigenvalue weighted by atomic mass is 10.1. The third kappa shape index (κ3) is 6.91. The molecule has 0 aliphatic rings. The fourth-order valence-corrected chi connectivity index (χ4v) is 6.69. The number of aromatic amines is 2. The topological polar surface area (TPSA) is 181 Å². The van der Waals surface area contributed by atoms with Gasteiger partial charge in [0, 0.05) is 59.4 Å². The molecule has 0 atom stereocenters. The fraction of sp³-hybridized carbons (Fsp3) is 0.122. The first kappa shape index (κ1) is 34.6. The molecule has 3 aromatic carbocycles. The molecule has 0 saturated heterocycles. The molecule has 14 nitrogen and oxygen atoms in total. The number of hydrogen-bond acceptors (Lipinski definition) is 10. The van der Waals surface area contributed by atoms with Gasteiger partial charge in [-0.1, -0.05) is 54.6 Å². The lowest BCUT2D eigenvalue weighted by Crippen LogP contribution is -2.28. The molecule has 274 valence electrons. The number of benzene rings is 3. The third-order valence-electron chi connectivity index (χ3n) is 9.42. The highest BCUT2D eigenvalue weighted by Gasteiger charge is 2.16. The number of hydrogen-bond donors (Lipinski definition) is 5. The van der Waals surface area contributed by atoms with E-state index >= 15 is 0 Å². The first-order valence-electron chi connectivity index (χ1n) is 17.5. The summed E-state index contributed by atoms with van der Waals surface area (Å²) in [5.74, 6) is 0. The van der Waals surface area contributed by atoms with E-state index in [4.69, 9.17) is 4.84 Å². The number of pyridine rings is 2. The molecule has 6 heterocycles. The number of fused-ring (bicyclic) bond motifs is 4. The minimum atomic E-state index is -0.539. The molecule has 0 aliphatic carbocycles. The lowest BCUT2D eigenvalue weighted by Gasteiger charge is -2.15. The SMILES string of the molecule is Cc1ncnc2c1c(NCc1cccc3[nH]ccc13)cc(=O)n2O.Cc1ncnc2c1c(NCc1cccc3[nH]ccc13)cc(=O)n2OCc1ccccc1. The Bertz CT molecular complexity index is 2930. The van der Waals surface area contributed by atoms with Gasteiger partial charge in [-0.2, -0.15) is 0 Å². The summed E-state index contributed by atoms with van der Waals surface area (Å²) in [7, 11) is 0. The number of rotatable bonds is 9. The second kappa shape index (κ2) is 14.9. The number of anilines is 2. The third-order valence-corrected chi connectivity index (χ3v) is 9.42. The number of nitrogens with one attached hydrogen (secondary N) is 4. The molecule has 0 spiro atoms. The minimum Gasteiger partial charge on any atom is -0.423 e. The molecular formula is C41H36N10O4. The standard InChI is InChI=1S/C24H21N5O2.C17H15N5O2/c1-16-23-21(26-13-18-8-5-9-20-19(18)10-11-25-20)12-22(30)29(24(23)28-15-27-16)31-14-17-6-3-2-4-7-17;1-10-16-14(7-15(23)22(24)17(16)21-9-20-10)19-8-11-3-2-4-13-12(11)5-6-18-13/h2-12,15,25-26H,13-14H2,1H3;2-7,9,18-19,24H,8H2,1H3. The predicted molar refractivity (Wildman–Crippen MR) is 212 cm³/mol. The quantitative estimate of drug-likeness (QED) is 0.106. The van der Waals surface area contributed by atoms with Gasteiger partial charge in [-0.15, -0.1) is 9.46 Å². The highest BCUT2D eigenvalue weighted by molar-refractivity contribution is 5.92. The van der Waals surface area contributed by atoms with Crippen LogP contribution in [0.5, 0.6) is 0 Å². The fourth-order valence-electron chi connectivity index (χ4n) is 6.69. The number of aromatic nitrogens is 8. The zero-order valence-electron chi connectivity index (χ0n) is 29.9. The van der Waals surface area contributed by atoms with Crippen molar-refractivity contribution in [1.82, 2.24) is 39.4 Å². The molecule has 55 heavy (non-hydrogen) atoms. The van der Waals surface area contributed by atoms with E-state index in [1.54, 1.807) is 6.07 Å². The van der Waals surface area contributed by atoms with Gasteiger partial charge in [0.2, 0.25) is 0 Å². The second-order valence-corrected chi connectivity index (χ2v) is 12.9. The molecule has 0 bridgehead atoms. The first-order chi connectivity index (χ1) is 26.9. The molecular weight excluding hydrogens is 697 g/mol. The number of nitrogens with zero attached hydrogens (tertiary/aromatic N) is 6. The van der Waals surface area contributed by atoms with Crippen LogP contribution >= 0.6 is 0 Å². The largest absolute Gasteiger partial charge is 0.423 e. The molecule has 0 amide bonds. The van der Waals surface area contributed by atoms with Gasteiger partial charge in [0.15, 0.2) is 11.3 Å². The maximum Gasteiger partial charge on any atom is 0.287 e. The molecule has 5 N–H and O–H groups in total. The van der Waals surface area contributed by atoms with Crippen molar-refractivity contribution in [3.8, 4) is 0 Å². The van der Waals surface area contributed by atoms with Gasteiger partial charge in [0.1, 0.15) is 19.3 Å². The Morgan fingerprint density at radius 2 is 1.20 bits per heavy atom. The van der Waals surface area contributed by atoms with Gasteiger partial charge in [-0.3, -0.25) is 9.59 Å². The average molecular weight is 733 g/mol. The molecule has 6 aromatic heterocycles. The molecule has 0 unspecified atom stereocenters. The summed E-state index contributed by atoms with van der Waals surface area (Å²) < 4.78 is 1.79. The lowest BCUT2D eigenvalue weighted by molar-refractivity contribution is 0.0979. The van der Waals surface area contributed by atoms with Gasteiger partial charge < -0.3 is 30.6 Å². The Labute approximate surface area is 313 Å². The zero-order chi connectivity index (χ0) is 37.9. The van der Waals surface area contributed by atoms with Crippen LogP contribution in [0.1, 0.15) is 28.1 Å². The van der Waals surface area contributed by atoms with Crippen LogP contribution in [-0.2, 0) is 19.7 Å². The van der Waals surface area contributed by atoms with Crippen molar-refractivity contribution in [1.29, 1.82) is 0 Å². The molecule has 9 rings (SSSR count). The molecule has 0 fully saturated rings. The van der Waals surface area contributed by atoms with Crippen LogP contribution in [0.4, 0.5) is 11.4 Å². The summed E-state index contributed by atoms with van der Waals surface area (Å²) in [6, 6.07) is 28.8. The van der Waals surface area contributed by atoms with Crippen molar-refractivity contribution < 1.29 is 10.0 Å². The predicted octanol–water partition coefficient (Wildman–Crippen LogP) is 6.25. The van der Waals surface area contributed by atoms with Gasteiger partial charge >= 0.3 is 0 Å². The smallest absolute Gasteiger partial charge is 0.287 e. The van der Waals surface area contributed by atoms with Crippen LogP contribution in [0, 0.1) is 13.8 Å². The van der Waals surface area contributed by atoms with Crippen molar-refractivity contribution in [2.75, 3.05) is 10.6 Å².